The number of nitrogens with zero attached hydrogens (tertiary/aromatic N) is 1. The molecule has 1 saturated heterocycles. The van der Waals surface area contributed by atoms with Gasteiger partial charge in [0.15, 0.2) is 0 Å². The molecule has 1 N–H and O–H groups in total. The second-order valence-corrected chi connectivity index (χ2v) is 6.02. The molecule has 3 heteroatoms. The summed E-state index contributed by atoms with van der Waals surface area (Å²) in [6.07, 6.45) is 2.71. The Balaban J connectivity index is 1.72. The van der Waals surface area contributed by atoms with Gasteiger partial charge in [-0.05, 0) is 44.8 Å². The number of hydrogen-bond donors (Lipinski definition) is 1. The summed E-state index contributed by atoms with van der Waals surface area (Å²) in [7, 11) is 1.74. The molecule has 1 aliphatic rings. The first-order chi connectivity index (χ1) is 9.69. The Morgan fingerprint density at radius 2 is 2.05 bits per heavy atom. The molecule has 0 amide bonds. The number of rotatable bonds is 6. The number of likely N-dealkylation sites (tertiary alicyclic amines) is 1. The zero-order valence-electron chi connectivity index (χ0n) is 13.1. The fourth-order valence-electron chi connectivity index (χ4n) is 2.79. The fourth-order valence-corrected chi connectivity index (χ4v) is 2.79. The van der Waals surface area contributed by atoms with Crippen molar-refractivity contribution in [3.05, 3.63) is 29.3 Å². The Morgan fingerprint density at radius 3 is 2.75 bits per heavy atom. The molecule has 0 atom stereocenters. The summed E-state index contributed by atoms with van der Waals surface area (Å²) in [5.74, 6) is 1.89. The fraction of sp³-hybridized carbons (Fsp3) is 0.647. The summed E-state index contributed by atoms with van der Waals surface area (Å²) in [6, 6.07) is 6.35. The monoisotopic (exact) mass is 276 g/mol. The highest BCUT2D eigenvalue weighted by Crippen LogP contribution is 2.19. The number of ether oxygens (including phenoxy) is 1. The smallest absolute Gasteiger partial charge is 0.123 e. The maximum atomic E-state index is 5.41. The minimum atomic E-state index is 0.884. The van der Waals surface area contributed by atoms with Crippen LogP contribution < -0.4 is 10.1 Å². The van der Waals surface area contributed by atoms with E-state index in [1.54, 1.807) is 7.11 Å². The quantitative estimate of drug-likeness (QED) is 0.809. The molecular weight excluding hydrogens is 248 g/mol. The second kappa shape index (κ2) is 7.65. The highest BCUT2D eigenvalue weighted by atomic mass is 16.5. The van der Waals surface area contributed by atoms with Crippen LogP contribution in [0.15, 0.2) is 18.2 Å². The number of hydrogen-bond acceptors (Lipinski definition) is 3. The van der Waals surface area contributed by atoms with Gasteiger partial charge in [-0.3, -0.25) is 0 Å². The highest BCUT2D eigenvalue weighted by molar-refractivity contribution is 5.36. The van der Waals surface area contributed by atoms with E-state index < -0.39 is 0 Å². The van der Waals surface area contributed by atoms with Crippen molar-refractivity contribution in [2.45, 2.75) is 33.2 Å². The average molecular weight is 276 g/mol. The van der Waals surface area contributed by atoms with Gasteiger partial charge in [-0.2, -0.15) is 0 Å². The summed E-state index contributed by atoms with van der Waals surface area (Å²) >= 11 is 0. The molecular formula is C17H28N2O. The lowest BCUT2D eigenvalue weighted by atomic mass is 9.99. The van der Waals surface area contributed by atoms with Crippen molar-refractivity contribution >= 4 is 0 Å². The Morgan fingerprint density at radius 1 is 1.30 bits per heavy atom. The van der Waals surface area contributed by atoms with Gasteiger partial charge in [-0.15, -0.1) is 0 Å². The second-order valence-electron chi connectivity index (χ2n) is 6.02. The zero-order chi connectivity index (χ0) is 14.4. The predicted molar refractivity (Wildman–Crippen MR) is 84.3 cm³/mol. The van der Waals surface area contributed by atoms with E-state index in [9.17, 15) is 0 Å². The van der Waals surface area contributed by atoms with E-state index in [1.807, 2.05) is 0 Å². The number of nitrogens with one attached hydrogen (secondary N) is 1. The summed E-state index contributed by atoms with van der Waals surface area (Å²) < 4.78 is 5.41. The summed E-state index contributed by atoms with van der Waals surface area (Å²) in [6.45, 7) is 10.1. The van der Waals surface area contributed by atoms with Crippen molar-refractivity contribution < 1.29 is 4.74 Å². The lowest BCUT2D eigenvalue weighted by Crippen LogP contribution is -2.37. The molecule has 0 radical (unpaired) electrons. The standard InChI is InChI=1S/C17H28N2O/c1-14-6-9-19(10-7-14)11-8-18-13-16-12-15(2)4-5-17(16)20-3/h4-5,12,14,18H,6-11,13H2,1-3H3. The Labute approximate surface area is 123 Å². The Bertz CT molecular complexity index is 411. The van der Waals surface area contributed by atoms with E-state index in [4.69, 9.17) is 4.74 Å². The highest BCUT2D eigenvalue weighted by Gasteiger charge is 2.14. The normalized spacial score (nSPS) is 17.4. The molecule has 1 heterocycles. The molecule has 2 rings (SSSR count). The van der Waals surface area contributed by atoms with Gasteiger partial charge in [-0.1, -0.05) is 24.6 Å². The van der Waals surface area contributed by atoms with E-state index >= 15 is 0 Å². The summed E-state index contributed by atoms with van der Waals surface area (Å²) in [5.41, 5.74) is 2.53. The topological polar surface area (TPSA) is 24.5 Å². The van der Waals surface area contributed by atoms with E-state index in [1.165, 1.54) is 37.1 Å². The first-order valence-electron chi connectivity index (χ1n) is 7.75. The van der Waals surface area contributed by atoms with Gasteiger partial charge in [0.05, 0.1) is 7.11 Å². The molecule has 1 aliphatic heterocycles. The van der Waals surface area contributed by atoms with Crippen molar-refractivity contribution in [2.75, 3.05) is 33.3 Å². The maximum absolute atomic E-state index is 5.41. The third kappa shape index (κ3) is 4.50. The van der Waals surface area contributed by atoms with E-state index in [-0.39, 0.29) is 0 Å². The predicted octanol–water partition coefficient (Wildman–Crippen LogP) is 2.83. The first kappa shape index (κ1) is 15.3. The third-order valence-electron chi connectivity index (χ3n) is 4.23. The van der Waals surface area contributed by atoms with Gasteiger partial charge < -0.3 is 15.0 Å². The molecule has 1 aromatic rings. The van der Waals surface area contributed by atoms with E-state index in [0.717, 1.165) is 31.3 Å². The van der Waals surface area contributed by atoms with Crippen molar-refractivity contribution in [3.63, 3.8) is 0 Å². The molecule has 1 aromatic carbocycles. The molecule has 1 fully saturated rings. The summed E-state index contributed by atoms with van der Waals surface area (Å²) in [4.78, 5) is 2.57. The molecule has 3 nitrogen and oxygen atoms in total. The molecule has 0 saturated carbocycles. The lowest BCUT2D eigenvalue weighted by molar-refractivity contribution is 0.193. The molecule has 0 spiro atoms. The lowest BCUT2D eigenvalue weighted by Gasteiger charge is -2.30. The van der Waals surface area contributed by atoms with Crippen LogP contribution in [-0.4, -0.2) is 38.2 Å². The van der Waals surface area contributed by atoms with Gasteiger partial charge in [0.25, 0.3) is 0 Å². The number of benzene rings is 1. The Kier molecular flexibility index (Phi) is 5.86. The van der Waals surface area contributed by atoms with Crippen LogP contribution in [0.25, 0.3) is 0 Å². The van der Waals surface area contributed by atoms with Crippen LogP contribution in [0.1, 0.15) is 30.9 Å². The largest absolute Gasteiger partial charge is 0.496 e. The van der Waals surface area contributed by atoms with Gasteiger partial charge in [-0.25, -0.2) is 0 Å². The van der Waals surface area contributed by atoms with Crippen molar-refractivity contribution in [1.82, 2.24) is 10.2 Å². The van der Waals surface area contributed by atoms with Gasteiger partial charge in [0, 0.05) is 25.2 Å². The molecule has 0 aromatic heterocycles. The molecule has 20 heavy (non-hydrogen) atoms. The van der Waals surface area contributed by atoms with Gasteiger partial charge in [0.1, 0.15) is 5.75 Å². The molecule has 0 unspecified atom stereocenters. The van der Waals surface area contributed by atoms with Crippen LogP contribution >= 0.6 is 0 Å². The Hall–Kier alpha value is -1.06. The van der Waals surface area contributed by atoms with Crippen LogP contribution in [0, 0.1) is 12.8 Å². The summed E-state index contributed by atoms with van der Waals surface area (Å²) in [5, 5.41) is 3.54. The minimum absolute atomic E-state index is 0.884. The zero-order valence-corrected chi connectivity index (χ0v) is 13.1. The van der Waals surface area contributed by atoms with Gasteiger partial charge >= 0.3 is 0 Å². The van der Waals surface area contributed by atoms with Crippen molar-refractivity contribution in [3.8, 4) is 5.75 Å². The number of piperidine rings is 1. The van der Waals surface area contributed by atoms with Crippen molar-refractivity contribution in [1.29, 1.82) is 0 Å². The van der Waals surface area contributed by atoms with Crippen LogP contribution in [0.2, 0.25) is 0 Å². The maximum Gasteiger partial charge on any atom is 0.123 e. The van der Waals surface area contributed by atoms with Crippen LogP contribution in [0.3, 0.4) is 0 Å². The number of methoxy groups -OCH3 is 1. The van der Waals surface area contributed by atoms with E-state index in [2.05, 4.69) is 42.3 Å². The van der Waals surface area contributed by atoms with Crippen LogP contribution in [-0.2, 0) is 6.54 Å². The first-order valence-corrected chi connectivity index (χ1v) is 7.75. The average Bonchev–Trinajstić information content (AvgIpc) is 2.46. The van der Waals surface area contributed by atoms with Crippen LogP contribution in [0.4, 0.5) is 0 Å². The molecule has 112 valence electrons. The number of aryl methyl sites for hydroxylation is 1. The molecule has 0 bridgehead atoms. The molecule has 0 aliphatic carbocycles. The van der Waals surface area contributed by atoms with E-state index in [0.29, 0.717) is 0 Å². The van der Waals surface area contributed by atoms with Gasteiger partial charge in [0.2, 0.25) is 0 Å². The third-order valence-corrected chi connectivity index (χ3v) is 4.23. The SMILES string of the molecule is COc1ccc(C)cc1CNCCN1CCC(C)CC1. The van der Waals surface area contributed by atoms with Crippen molar-refractivity contribution in [2.24, 2.45) is 5.92 Å². The van der Waals surface area contributed by atoms with Crippen LogP contribution in [0.5, 0.6) is 5.75 Å². The minimum Gasteiger partial charge on any atom is -0.496 e.